The molecule has 114 valence electrons. The van der Waals surface area contributed by atoms with Crippen molar-refractivity contribution in [1.29, 1.82) is 0 Å². The number of nitrogens with zero attached hydrogens (tertiary/aromatic N) is 3. The highest BCUT2D eigenvalue weighted by molar-refractivity contribution is 5.78. The van der Waals surface area contributed by atoms with Gasteiger partial charge in [-0.15, -0.1) is 0 Å². The first-order valence-corrected chi connectivity index (χ1v) is 7.67. The minimum Gasteiger partial charge on any atom is -0.303 e. The fraction of sp³-hybridized carbons (Fsp3) is 0.625. The number of H-pyrrole nitrogens is 1. The van der Waals surface area contributed by atoms with Crippen LogP contribution in [0.25, 0.3) is 11.0 Å². The fourth-order valence-corrected chi connectivity index (χ4v) is 3.61. The first-order chi connectivity index (χ1) is 9.88. The van der Waals surface area contributed by atoms with Crippen molar-refractivity contribution in [3.8, 4) is 0 Å². The van der Waals surface area contributed by atoms with E-state index in [1.165, 1.54) is 0 Å². The van der Waals surface area contributed by atoms with Crippen LogP contribution in [-0.2, 0) is 0 Å². The number of piperidine rings is 1. The molecule has 0 saturated carbocycles. The second-order valence-electron chi connectivity index (χ2n) is 6.66. The normalized spacial score (nSPS) is 27.4. The molecule has 3 rings (SSSR count). The van der Waals surface area contributed by atoms with Gasteiger partial charge in [0.15, 0.2) is 5.65 Å². The lowest BCUT2D eigenvalue weighted by Crippen LogP contribution is -2.43. The summed E-state index contributed by atoms with van der Waals surface area (Å²) in [4.78, 5) is 19.3. The molecule has 0 bridgehead atoms. The molecule has 0 aromatic carbocycles. The zero-order valence-electron chi connectivity index (χ0n) is 13.5. The highest BCUT2D eigenvalue weighted by atomic mass is 16.1. The first-order valence-electron chi connectivity index (χ1n) is 7.67. The Labute approximate surface area is 125 Å². The number of likely N-dealkylation sites (tertiary alicyclic amines) is 1. The molecule has 1 saturated heterocycles. The van der Waals surface area contributed by atoms with Crippen LogP contribution in [0.5, 0.6) is 0 Å². The number of hydrogen-bond acceptors (Lipinski definition) is 3. The van der Waals surface area contributed by atoms with Gasteiger partial charge >= 0.3 is 0 Å². The minimum atomic E-state index is -0.0196. The van der Waals surface area contributed by atoms with E-state index in [0.717, 1.165) is 35.3 Å². The van der Waals surface area contributed by atoms with Crippen LogP contribution in [0.15, 0.2) is 10.9 Å². The predicted molar refractivity (Wildman–Crippen MR) is 84.7 cm³/mol. The van der Waals surface area contributed by atoms with E-state index in [4.69, 9.17) is 0 Å². The molecular formula is C16H24N4O. The lowest BCUT2D eigenvalue weighted by Gasteiger charge is -2.40. The van der Waals surface area contributed by atoms with Crippen LogP contribution in [0, 0.1) is 19.8 Å². The van der Waals surface area contributed by atoms with Gasteiger partial charge in [0.05, 0.1) is 11.4 Å². The second kappa shape index (κ2) is 4.98. The summed E-state index contributed by atoms with van der Waals surface area (Å²) in [5, 5.41) is 3.77. The third-order valence-electron chi connectivity index (χ3n) is 4.90. The van der Waals surface area contributed by atoms with E-state index in [1.54, 1.807) is 0 Å². The van der Waals surface area contributed by atoms with Crippen LogP contribution in [0.4, 0.5) is 0 Å². The number of aryl methyl sites for hydroxylation is 2. The Morgan fingerprint density at radius 2 is 2.05 bits per heavy atom. The number of pyridine rings is 1. The van der Waals surface area contributed by atoms with E-state index >= 15 is 0 Å². The molecule has 1 aliphatic rings. The van der Waals surface area contributed by atoms with Gasteiger partial charge in [0.1, 0.15) is 0 Å². The average molecular weight is 288 g/mol. The van der Waals surface area contributed by atoms with Crippen molar-refractivity contribution in [2.45, 2.75) is 46.2 Å². The zero-order chi connectivity index (χ0) is 15.3. The number of fused-ring (bicyclic) bond motifs is 1. The van der Waals surface area contributed by atoms with Crippen molar-refractivity contribution in [1.82, 2.24) is 19.7 Å². The number of hydrogen-bond donors (Lipinski definition) is 1. The highest BCUT2D eigenvalue weighted by Gasteiger charge is 2.32. The molecule has 5 nitrogen and oxygen atoms in total. The molecule has 0 aliphatic carbocycles. The summed E-state index contributed by atoms with van der Waals surface area (Å²) in [7, 11) is 2.17. The van der Waals surface area contributed by atoms with Crippen LogP contribution in [0.2, 0.25) is 0 Å². The Hall–Kier alpha value is -1.62. The molecule has 0 amide bonds. The van der Waals surface area contributed by atoms with Gasteiger partial charge in [-0.3, -0.25) is 14.6 Å². The number of rotatable bonds is 1. The maximum absolute atomic E-state index is 12.3. The van der Waals surface area contributed by atoms with Gasteiger partial charge in [-0.2, -0.15) is 0 Å². The fourth-order valence-electron chi connectivity index (χ4n) is 3.61. The van der Waals surface area contributed by atoms with Crippen molar-refractivity contribution in [2.75, 3.05) is 13.6 Å². The van der Waals surface area contributed by atoms with E-state index in [0.29, 0.717) is 18.0 Å². The molecule has 3 atom stereocenters. The zero-order valence-corrected chi connectivity index (χ0v) is 13.5. The van der Waals surface area contributed by atoms with Gasteiger partial charge in [0.25, 0.3) is 5.56 Å². The van der Waals surface area contributed by atoms with E-state index in [9.17, 15) is 4.79 Å². The maximum atomic E-state index is 12.3. The van der Waals surface area contributed by atoms with Gasteiger partial charge in [-0.1, -0.05) is 6.92 Å². The summed E-state index contributed by atoms with van der Waals surface area (Å²) in [6, 6.07) is 2.79. The summed E-state index contributed by atoms with van der Waals surface area (Å²) < 4.78 is 2.02. The summed E-state index contributed by atoms with van der Waals surface area (Å²) in [6.07, 6.45) is 1.03. The summed E-state index contributed by atoms with van der Waals surface area (Å²) in [6.45, 7) is 9.50. The lowest BCUT2D eigenvalue weighted by atomic mass is 9.90. The standard InChI is InChI=1S/C16H24N4O/c1-9-6-11(3)17-15-14(9)16(21)18-20(15)13-7-12(4)19(5)8-10(13)2/h6,10,12-13H,7-8H2,1-5H3,(H,18,21)/t10-,12+,13+/m0/s1. The third kappa shape index (κ3) is 2.29. The summed E-state index contributed by atoms with van der Waals surface area (Å²) in [5.41, 5.74) is 2.76. The minimum absolute atomic E-state index is 0.0196. The molecule has 2 aromatic heterocycles. The van der Waals surface area contributed by atoms with Gasteiger partial charge < -0.3 is 4.90 Å². The van der Waals surface area contributed by atoms with Gasteiger partial charge in [-0.25, -0.2) is 4.98 Å². The maximum Gasteiger partial charge on any atom is 0.273 e. The van der Waals surface area contributed by atoms with Gasteiger partial charge in [0.2, 0.25) is 0 Å². The van der Waals surface area contributed by atoms with E-state index in [-0.39, 0.29) is 5.56 Å². The Morgan fingerprint density at radius 3 is 2.76 bits per heavy atom. The number of nitrogens with one attached hydrogen (secondary N) is 1. The molecule has 2 aromatic rings. The Bertz CT molecular complexity index is 730. The largest absolute Gasteiger partial charge is 0.303 e. The number of aromatic nitrogens is 3. The monoisotopic (exact) mass is 288 g/mol. The molecule has 1 fully saturated rings. The third-order valence-corrected chi connectivity index (χ3v) is 4.90. The molecule has 5 heteroatoms. The summed E-state index contributed by atoms with van der Waals surface area (Å²) >= 11 is 0. The van der Waals surface area contributed by atoms with Gasteiger partial charge in [-0.05, 0) is 51.8 Å². The molecule has 21 heavy (non-hydrogen) atoms. The predicted octanol–water partition coefficient (Wildman–Crippen LogP) is 2.24. The average Bonchev–Trinajstić information content (AvgIpc) is 2.71. The molecular weight excluding hydrogens is 264 g/mol. The van der Waals surface area contributed by atoms with Crippen LogP contribution in [-0.4, -0.2) is 39.3 Å². The highest BCUT2D eigenvalue weighted by Crippen LogP contribution is 2.32. The Morgan fingerprint density at radius 1 is 1.33 bits per heavy atom. The molecule has 1 N–H and O–H groups in total. The van der Waals surface area contributed by atoms with Crippen molar-refractivity contribution >= 4 is 11.0 Å². The molecule has 0 spiro atoms. The van der Waals surface area contributed by atoms with Crippen molar-refractivity contribution < 1.29 is 0 Å². The second-order valence-corrected chi connectivity index (χ2v) is 6.66. The summed E-state index contributed by atoms with van der Waals surface area (Å²) in [5.74, 6) is 0.486. The quantitative estimate of drug-likeness (QED) is 0.875. The molecule has 3 heterocycles. The van der Waals surface area contributed by atoms with Crippen molar-refractivity contribution in [3.63, 3.8) is 0 Å². The molecule has 0 radical (unpaired) electrons. The number of aromatic amines is 1. The first kappa shape index (κ1) is 14.3. The van der Waals surface area contributed by atoms with Crippen LogP contribution in [0.1, 0.15) is 37.6 Å². The smallest absolute Gasteiger partial charge is 0.273 e. The molecule has 1 aliphatic heterocycles. The Balaban J connectivity index is 2.15. The SMILES string of the molecule is Cc1cc(C)c2c(=O)[nH]n([C@@H]3C[C@@H](C)N(C)C[C@@H]3C)c2n1. The molecule has 0 unspecified atom stereocenters. The van der Waals surface area contributed by atoms with Crippen LogP contribution < -0.4 is 5.56 Å². The van der Waals surface area contributed by atoms with E-state index in [2.05, 4.69) is 35.9 Å². The van der Waals surface area contributed by atoms with Crippen LogP contribution in [0.3, 0.4) is 0 Å². The van der Waals surface area contributed by atoms with Crippen LogP contribution >= 0.6 is 0 Å². The lowest BCUT2D eigenvalue weighted by molar-refractivity contribution is 0.103. The van der Waals surface area contributed by atoms with Crippen molar-refractivity contribution in [2.24, 2.45) is 5.92 Å². The van der Waals surface area contributed by atoms with E-state index in [1.807, 2.05) is 24.6 Å². The van der Waals surface area contributed by atoms with E-state index < -0.39 is 0 Å². The Kier molecular flexibility index (Phi) is 3.40. The van der Waals surface area contributed by atoms with Crippen molar-refractivity contribution in [3.05, 3.63) is 27.7 Å². The van der Waals surface area contributed by atoms with Gasteiger partial charge in [0, 0.05) is 18.3 Å². The topological polar surface area (TPSA) is 53.9 Å².